The number of nitrogens with zero attached hydrogens (tertiary/aromatic N) is 2. The maximum absolute atomic E-state index is 12.6. The molecule has 0 saturated heterocycles. The van der Waals surface area contributed by atoms with Crippen LogP contribution in [0.5, 0.6) is 5.88 Å². The van der Waals surface area contributed by atoms with E-state index in [1.165, 1.54) is 6.92 Å². The number of hydrogen-bond donors (Lipinski definition) is 1. The Hall–Kier alpha value is -2.63. The van der Waals surface area contributed by atoms with Crippen LogP contribution in [-0.4, -0.2) is 28.1 Å². The first-order valence-corrected chi connectivity index (χ1v) is 8.17. The number of nitrogens with one attached hydrogen (secondary N) is 1. The van der Waals surface area contributed by atoms with Gasteiger partial charge in [0.05, 0.1) is 6.61 Å². The lowest BCUT2D eigenvalue weighted by Gasteiger charge is -2.07. The van der Waals surface area contributed by atoms with Crippen molar-refractivity contribution < 1.29 is 14.3 Å². The van der Waals surface area contributed by atoms with Gasteiger partial charge in [0.15, 0.2) is 5.78 Å². The van der Waals surface area contributed by atoms with E-state index in [2.05, 4.69) is 10.4 Å². The molecule has 0 saturated carbocycles. The molecule has 6 nitrogen and oxygen atoms in total. The standard InChI is InChI=1S/C18H23N3O3/c1-4-9-21-12-16(18(20-21)24-10-5-2)17(23)19-15-8-6-7-14(11-15)13(3)22/h6-8,11-12H,4-5,9-10H2,1-3H3,(H,19,23). The number of ketones is 1. The predicted molar refractivity (Wildman–Crippen MR) is 92.7 cm³/mol. The van der Waals surface area contributed by atoms with E-state index < -0.39 is 0 Å². The van der Waals surface area contributed by atoms with Gasteiger partial charge >= 0.3 is 0 Å². The molecule has 0 spiro atoms. The molecule has 0 bridgehead atoms. The number of rotatable bonds is 8. The zero-order chi connectivity index (χ0) is 17.5. The molecule has 1 aromatic carbocycles. The van der Waals surface area contributed by atoms with Gasteiger partial charge < -0.3 is 10.1 Å². The van der Waals surface area contributed by atoms with E-state index in [0.717, 1.165) is 19.4 Å². The highest BCUT2D eigenvalue weighted by atomic mass is 16.5. The van der Waals surface area contributed by atoms with Crippen LogP contribution in [0, 0.1) is 0 Å². The molecule has 2 aromatic rings. The van der Waals surface area contributed by atoms with Crippen molar-refractivity contribution in [3.05, 3.63) is 41.6 Å². The molecular weight excluding hydrogens is 306 g/mol. The number of carbonyl (C=O) groups is 2. The van der Waals surface area contributed by atoms with Crippen molar-refractivity contribution in [2.24, 2.45) is 0 Å². The van der Waals surface area contributed by atoms with Crippen LogP contribution in [-0.2, 0) is 6.54 Å². The van der Waals surface area contributed by atoms with Gasteiger partial charge in [0.25, 0.3) is 5.91 Å². The van der Waals surface area contributed by atoms with Gasteiger partial charge in [-0.3, -0.25) is 14.3 Å². The summed E-state index contributed by atoms with van der Waals surface area (Å²) in [6, 6.07) is 6.85. The number of anilines is 1. The maximum Gasteiger partial charge on any atom is 0.262 e. The molecule has 6 heteroatoms. The van der Waals surface area contributed by atoms with Gasteiger partial charge in [-0.1, -0.05) is 26.0 Å². The van der Waals surface area contributed by atoms with Crippen molar-refractivity contribution in [3.63, 3.8) is 0 Å². The van der Waals surface area contributed by atoms with Gasteiger partial charge in [0, 0.05) is 24.0 Å². The molecule has 0 aliphatic heterocycles. The van der Waals surface area contributed by atoms with Crippen LogP contribution in [0.25, 0.3) is 0 Å². The van der Waals surface area contributed by atoms with Crippen LogP contribution in [0.3, 0.4) is 0 Å². The van der Waals surface area contributed by atoms with Crippen molar-refractivity contribution >= 4 is 17.4 Å². The number of hydrogen-bond acceptors (Lipinski definition) is 4. The van der Waals surface area contributed by atoms with Crippen molar-refractivity contribution in [2.75, 3.05) is 11.9 Å². The zero-order valence-corrected chi connectivity index (χ0v) is 14.3. The lowest BCUT2D eigenvalue weighted by molar-refractivity contribution is 0.100. The molecule has 0 atom stereocenters. The fourth-order valence-electron chi connectivity index (χ4n) is 2.22. The topological polar surface area (TPSA) is 73.2 Å². The Morgan fingerprint density at radius 1 is 1.25 bits per heavy atom. The summed E-state index contributed by atoms with van der Waals surface area (Å²) in [6.45, 7) is 6.75. The highest BCUT2D eigenvalue weighted by Gasteiger charge is 2.18. The third-order valence-electron chi connectivity index (χ3n) is 3.40. The first-order valence-electron chi connectivity index (χ1n) is 8.17. The molecule has 1 N–H and O–H groups in total. The average Bonchev–Trinajstić information content (AvgIpc) is 2.96. The summed E-state index contributed by atoms with van der Waals surface area (Å²) in [6.07, 6.45) is 3.44. The molecule has 0 aliphatic carbocycles. The monoisotopic (exact) mass is 329 g/mol. The molecular formula is C18H23N3O3. The minimum atomic E-state index is -0.302. The van der Waals surface area contributed by atoms with E-state index in [9.17, 15) is 9.59 Å². The third kappa shape index (κ3) is 4.44. The van der Waals surface area contributed by atoms with Crippen LogP contribution in [0.4, 0.5) is 5.69 Å². The Bertz CT molecular complexity index is 722. The minimum absolute atomic E-state index is 0.0474. The molecule has 24 heavy (non-hydrogen) atoms. The molecule has 0 fully saturated rings. The lowest BCUT2D eigenvalue weighted by atomic mass is 10.1. The van der Waals surface area contributed by atoms with Crippen LogP contribution in [0.1, 0.15) is 54.3 Å². The first kappa shape index (κ1) is 17.7. The Labute approximate surface area is 141 Å². The predicted octanol–water partition coefficient (Wildman–Crippen LogP) is 3.54. The summed E-state index contributed by atoms with van der Waals surface area (Å²) in [4.78, 5) is 24.0. The number of amides is 1. The molecule has 2 rings (SSSR count). The molecule has 128 valence electrons. The molecule has 0 unspecified atom stereocenters. The fourth-order valence-corrected chi connectivity index (χ4v) is 2.22. The summed E-state index contributed by atoms with van der Waals surface area (Å²) in [7, 11) is 0. The molecule has 1 aromatic heterocycles. The lowest BCUT2D eigenvalue weighted by Crippen LogP contribution is -2.13. The maximum atomic E-state index is 12.6. The number of aromatic nitrogens is 2. The highest BCUT2D eigenvalue weighted by molar-refractivity contribution is 6.06. The Kier molecular flexibility index (Phi) is 6.12. The fraction of sp³-hybridized carbons (Fsp3) is 0.389. The SMILES string of the molecule is CCCOc1nn(CCC)cc1C(=O)Nc1cccc(C(C)=O)c1. The second-order valence-electron chi connectivity index (χ2n) is 5.55. The van der Waals surface area contributed by atoms with Gasteiger partial charge in [0.1, 0.15) is 5.56 Å². The summed E-state index contributed by atoms with van der Waals surface area (Å²) >= 11 is 0. The van der Waals surface area contributed by atoms with Gasteiger partial charge in [-0.05, 0) is 31.9 Å². The van der Waals surface area contributed by atoms with Crippen molar-refractivity contribution in [2.45, 2.75) is 40.2 Å². The summed E-state index contributed by atoms with van der Waals surface area (Å²) in [5.41, 5.74) is 1.51. The van der Waals surface area contributed by atoms with Gasteiger partial charge in [0.2, 0.25) is 5.88 Å². The van der Waals surface area contributed by atoms with Crippen LogP contribution in [0.15, 0.2) is 30.5 Å². The molecule has 0 aliphatic rings. The molecule has 1 amide bonds. The van der Waals surface area contributed by atoms with E-state index in [-0.39, 0.29) is 11.7 Å². The van der Waals surface area contributed by atoms with E-state index in [0.29, 0.717) is 29.3 Å². The highest BCUT2D eigenvalue weighted by Crippen LogP contribution is 2.19. The van der Waals surface area contributed by atoms with Gasteiger partial charge in [-0.25, -0.2) is 0 Å². The van der Waals surface area contributed by atoms with Crippen molar-refractivity contribution in [1.82, 2.24) is 9.78 Å². The summed E-state index contributed by atoms with van der Waals surface area (Å²) < 4.78 is 7.30. The largest absolute Gasteiger partial charge is 0.476 e. The summed E-state index contributed by atoms with van der Waals surface area (Å²) in [5, 5.41) is 7.13. The second-order valence-corrected chi connectivity index (χ2v) is 5.55. The molecule has 0 radical (unpaired) electrons. The second kappa shape index (κ2) is 8.29. The third-order valence-corrected chi connectivity index (χ3v) is 3.40. The number of Topliss-reactive ketones (excluding diaryl/α,β-unsaturated/α-hetero) is 1. The van der Waals surface area contributed by atoms with E-state index >= 15 is 0 Å². The quantitative estimate of drug-likeness (QED) is 0.752. The number of carbonyl (C=O) groups excluding carboxylic acids is 2. The number of aryl methyl sites for hydroxylation is 1. The van der Waals surface area contributed by atoms with Gasteiger partial charge in [-0.15, -0.1) is 5.10 Å². The molecule has 1 heterocycles. The van der Waals surface area contributed by atoms with Crippen molar-refractivity contribution in [3.8, 4) is 5.88 Å². The normalized spacial score (nSPS) is 10.5. The number of ether oxygens (including phenoxy) is 1. The summed E-state index contributed by atoms with van der Waals surface area (Å²) in [5.74, 6) is -0.0106. The smallest absolute Gasteiger partial charge is 0.262 e. The van der Waals surface area contributed by atoms with E-state index in [1.807, 2.05) is 13.8 Å². The number of benzene rings is 1. The minimum Gasteiger partial charge on any atom is -0.476 e. The van der Waals surface area contributed by atoms with Crippen LogP contribution >= 0.6 is 0 Å². The van der Waals surface area contributed by atoms with Crippen molar-refractivity contribution in [1.29, 1.82) is 0 Å². The van der Waals surface area contributed by atoms with E-state index in [4.69, 9.17) is 4.74 Å². The van der Waals surface area contributed by atoms with Gasteiger partial charge in [-0.2, -0.15) is 0 Å². The van der Waals surface area contributed by atoms with Crippen LogP contribution in [0.2, 0.25) is 0 Å². The first-order chi connectivity index (χ1) is 11.5. The average molecular weight is 329 g/mol. The van der Waals surface area contributed by atoms with E-state index in [1.54, 1.807) is 35.1 Å². The Balaban J connectivity index is 2.21. The van der Waals surface area contributed by atoms with Crippen LogP contribution < -0.4 is 10.1 Å². The Morgan fingerprint density at radius 3 is 2.71 bits per heavy atom. The zero-order valence-electron chi connectivity index (χ0n) is 14.3. The Morgan fingerprint density at radius 2 is 2.04 bits per heavy atom.